The summed E-state index contributed by atoms with van der Waals surface area (Å²) >= 11 is 1.04. The first-order chi connectivity index (χ1) is 15.8. The van der Waals surface area contributed by atoms with Crippen LogP contribution in [-0.2, 0) is 31.0 Å². The fourth-order valence-corrected chi connectivity index (χ4v) is 6.19. The number of imide groups is 1. The van der Waals surface area contributed by atoms with E-state index in [0.29, 0.717) is 5.56 Å². The highest BCUT2D eigenvalue weighted by molar-refractivity contribution is 7.91. The standard InChI is InChI=1S/C22H19N3O6S2/c1-15(26)31-18-8-6-17(7-9-18)25-20(27)12-19(22(25)28)24(14-16-4-2-10-23-13-16)33(29,30)21-5-3-11-32-21/h2-11,13,19H,12,14H2,1H3. The van der Waals surface area contributed by atoms with E-state index in [1.807, 2.05) is 0 Å². The van der Waals surface area contributed by atoms with Crippen LogP contribution in [0.25, 0.3) is 0 Å². The Bertz CT molecular complexity index is 1280. The van der Waals surface area contributed by atoms with Gasteiger partial charge in [-0.05, 0) is 47.3 Å². The van der Waals surface area contributed by atoms with Gasteiger partial charge in [-0.25, -0.2) is 13.3 Å². The number of carbonyl (C=O) groups is 3. The van der Waals surface area contributed by atoms with Crippen LogP contribution >= 0.6 is 11.3 Å². The molecule has 1 aromatic carbocycles. The number of hydrogen-bond acceptors (Lipinski definition) is 8. The molecule has 1 atom stereocenters. The molecule has 11 heteroatoms. The van der Waals surface area contributed by atoms with Gasteiger partial charge in [-0.1, -0.05) is 12.1 Å². The quantitative estimate of drug-likeness (QED) is 0.287. The highest BCUT2D eigenvalue weighted by Crippen LogP contribution is 2.32. The van der Waals surface area contributed by atoms with Crippen molar-refractivity contribution >= 4 is 44.8 Å². The van der Waals surface area contributed by atoms with Gasteiger partial charge >= 0.3 is 5.97 Å². The van der Waals surface area contributed by atoms with E-state index >= 15 is 0 Å². The van der Waals surface area contributed by atoms with E-state index in [2.05, 4.69) is 4.98 Å². The molecule has 0 radical (unpaired) electrons. The van der Waals surface area contributed by atoms with Crippen molar-refractivity contribution in [3.8, 4) is 5.75 Å². The van der Waals surface area contributed by atoms with Crippen molar-refractivity contribution in [2.75, 3.05) is 4.90 Å². The molecule has 1 fully saturated rings. The second kappa shape index (κ2) is 9.22. The summed E-state index contributed by atoms with van der Waals surface area (Å²) in [6.07, 6.45) is 2.78. The van der Waals surface area contributed by atoms with E-state index < -0.39 is 33.8 Å². The number of amides is 2. The number of thiophene rings is 1. The highest BCUT2D eigenvalue weighted by Gasteiger charge is 2.47. The largest absolute Gasteiger partial charge is 0.427 e. The Labute approximate surface area is 194 Å². The van der Waals surface area contributed by atoms with Crippen molar-refractivity contribution in [2.24, 2.45) is 0 Å². The van der Waals surface area contributed by atoms with Crippen LogP contribution < -0.4 is 9.64 Å². The summed E-state index contributed by atoms with van der Waals surface area (Å²) in [6, 6.07) is 11.1. The molecule has 3 aromatic rings. The molecule has 0 N–H and O–H groups in total. The van der Waals surface area contributed by atoms with Gasteiger partial charge in [0.2, 0.25) is 5.91 Å². The molecule has 0 spiro atoms. The molecule has 1 aliphatic rings. The lowest BCUT2D eigenvalue weighted by Gasteiger charge is -2.26. The fourth-order valence-electron chi connectivity index (χ4n) is 3.50. The predicted molar refractivity (Wildman–Crippen MR) is 120 cm³/mol. The maximum atomic E-state index is 13.4. The molecule has 1 saturated heterocycles. The van der Waals surface area contributed by atoms with Gasteiger partial charge in [-0.2, -0.15) is 4.31 Å². The fraction of sp³-hybridized carbons (Fsp3) is 0.182. The smallest absolute Gasteiger partial charge is 0.308 e. The van der Waals surface area contributed by atoms with Crippen LogP contribution in [0.3, 0.4) is 0 Å². The molecule has 4 rings (SSSR count). The molecule has 1 aliphatic heterocycles. The third-order valence-electron chi connectivity index (χ3n) is 4.95. The van der Waals surface area contributed by atoms with Gasteiger partial charge in [0.1, 0.15) is 16.0 Å². The second-order valence-corrected chi connectivity index (χ2v) is 10.3. The van der Waals surface area contributed by atoms with E-state index in [4.69, 9.17) is 4.74 Å². The Hall–Kier alpha value is -3.41. The first kappa shape index (κ1) is 22.8. The lowest BCUT2D eigenvalue weighted by molar-refractivity contribution is -0.132. The average Bonchev–Trinajstić information content (AvgIpc) is 3.42. The molecule has 2 amide bonds. The van der Waals surface area contributed by atoms with Crippen molar-refractivity contribution in [1.82, 2.24) is 9.29 Å². The number of nitrogens with zero attached hydrogens (tertiary/aromatic N) is 3. The van der Waals surface area contributed by atoms with E-state index in [0.717, 1.165) is 20.5 Å². The van der Waals surface area contributed by atoms with Crippen molar-refractivity contribution < 1.29 is 27.5 Å². The van der Waals surface area contributed by atoms with Gasteiger partial charge in [0.25, 0.3) is 15.9 Å². The monoisotopic (exact) mass is 485 g/mol. The highest BCUT2D eigenvalue weighted by atomic mass is 32.2. The summed E-state index contributed by atoms with van der Waals surface area (Å²) in [6.45, 7) is 1.15. The minimum Gasteiger partial charge on any atom is -0.427 e. The Morgan fingerprint density at radius 2 is 1.94 bits per heavy atom. The Morgan fingerprint density at radius 3 is 2.55 bits per heavy atom. The van der Waals surface area contributed by atoms with Gasteiger partial charge in [-0.3, -0.25) is 19.4 Å². The molecule has 33 heavy (non-hydrogen) atoms. The SMILES string of the molecule is CC(=O)Oc1ccc(N2C(=O)CC(N(Cc3cccnc3)S(=O)(=O)c3cccs3)C2=O)cc1. The number of aromatic nitrogens is 1. The van der Waals surface area contributed by atoms with Crippen molar-refractivity contribution in [3.05, 3.63) is 71.9 Å². The normalized spacial score (nSPS) is 16.4. The zero-order valence-electron chi connectivity index (χ0n) is 17.5. The number of benzene rings is 1. The predicted octanol–water partition coefficient (Wildman–Crippen LogP) is 2.59. The maximum Gasteiger partial charge on any atom is 0.308 e. The van der Waals surface area contributed by atoms with Gasteiger partial charge in [-0.15, -0.1) is 11.3 Å². The topological polar surface area (TPSA) is 114 Å². The zero-order valence-corrected chi connectivity index (χ0v) is 19.1. The van der Waals surface area contributed by atoms with Crippen molar-refractivity contribution in [3.63, 3.8) is 0 Å². The molecule has 0 bridgehead atoms. The first-order valence-electron chi connectivity index (χ1n) is 9.87. The van der Waals surface area contributed by atoms with Crippen LogP contribution in [0, 0.1) is 0 Å². The summed E-state index contributed by atoms with van der Waals surface area (Å²) in [5, 5.41) is 1.63. The van der Waals surface area contributed by atoms with Crippen molar-refractivity contribution in [2.45, 2.75) is 30.1 Å². The average molecular weight is 486 g/mol. The van der Waals surface area contributed by atoms with E-state index in [-0.39, 0.29) is 28.6 Å². The zero-order chi connectivity index (χ0) is 23.6. The molecule has 0 saturated carbocycles. The van der Waals surface area contributed by atoms with Crippen LogP contribution in [0.4, 0.5) is 5.69 Å². The van der Waals surface area contributed by atoms with Gasteiger partial charge in [0.05, 0.1) is 12.1 Å². The summed E-state index contributed by atoms with van der Waals surface area (Å²) in [5.41, 5.74) is 0.848. The lowest BCUT2D eigenvalue weighted by atomic mass is 10.2. The van der Waals surface area contributed by atoms with Gasteiger partial charge in [0.15, 0.2) is 0 Å². The lowest BCUT2D eigenvalue weighted by Crippen LogP contribution is -2.44. The number of ether oxygens (including phenoxy) is 1. The number of sulfonamides is 1. The number of rotatable bonds is 7. The molecular formula is C22H19N3O6S2. The number of anilines is 1. The summed E-state index contributed by atoms with van der Waals surface area (Å²) in [5.74, 6) is -1.41. The third-order valence-corrected chi connectivity index (χ3v) is 8.17. The number of carbonyl (C=O) groups excluding carboxylic acids is 3. The molecule has 1 unspecified atom stereocenters. The van der Waals surface area contributed by atoms with Crippen LogP contribution in [0.2, 0.25) is 0 Å². The maximum absolute atomic E-state index is 13.4. The van der Waals surface area contributed by atoms with Gasteiger partial charge in [0, 0.05) is 25.9 Å². The third kappa shape index (κ3) is 4.70. The van der Waals surface area contributed by atoms with Crippen LogP contribution in [-0.4, -0.2) is 41.5 Å². The molecule has 2 aromatic heterocycles. The van der Waals surface area contributed by atoms with Crippen molar-refractivity contribution in [1.29, 1.82) is 0 Å². The number of pyridine rings is 1. The minimum absolute atomic E-state index is 0.0795. The molecule has 9 nitrogen and oxygen atoms in total. The van der Waals surface area contributed by atoms with E-state index in [1.165, 1.54) is 43.5 Å². The summed E-state index contributed by atoms with van der Waals surface area (Å²) in [7, 11) is -4.05. The number of esters is 1. The van der Waals surface area contributed by atoms with Crippen LogP contribution in [0.1, 0.15) is 18.9 Å². The Balaban J connectivity index is 1.67. The van der Waals surface area contributed by atoms with E-state index in [9.17, 15) is 22.8 Å². The summed E-state index contributed by atoms with van der Waals surface area (Å²) in [4.78, 5) is 42.2. The molecule has 0 aliphatic carbocycles. The summed E-state index contributed by atoms with van der Waals surface area (Å²) < 4.78 is 32.9. The molecular weight excluding hydrogens is 466 g/mol. The van der Waals surface area contributed by atoms with Crippen LogP contribution in [0.5, 0.6) is 5.75 Å². The molecule has 170 valence electrons. The van der Waals surface area contributed by atoms with Gasteiger partial charge < -0.3 is 4.74 Å². The second-order valence-electron chi connectivity index (χ2n) is 7.22. The number of hydrogen-bond donors (Lipinski definition) is 0. The minimum atomic E-state index is -4.05. The van der Waals surface area contributed by atoms with Crippen LogP contribution in [0.15, 0.2) is 70.5 Å². The molecule has 3 heterocycles. The van der Waals surface area contributed by atoms with E-state index in [1.54, 1.807) is 29.8 Å². The Morgan fingerprint density at radius 1 is 1.18 bits per heavy atom. The first-order valence-corrected chi connectivity index (χ1v) is 12.2. The Kier molecular flexibility index (Phi) is 6.36.